The molecule has 128 valence electrons. The number of hydrogen-bond acceptors (Lipinski definition) is 3. The fourth-order valence-electron chi connectivity index (χ4n) is 2.14. The van der Waals surface area contributed by atoms with Gasteiger partial charge in [-0.25, -0.2) is 14.4 Å². The number of aliphatic imine (C=N–C) groups is 1. The van der Waals surface area contributed by atoms with Crippen LogP contribution in [0.4, 0.5) is 4.39 Å². The molecular weight excluding hydrogens is 307 g/mol. The molecule has 0 amide bonds. The monoisotopic (exact) mass is 330 g/mol. The summed E-state index contributed by atoms with van der Waals surface area (Å²) in [5, 5.41) is 6.47. The Morgan fingerprint density at radius 3 is 2.67 bits per heavy atom. The number of rotatable bonds is 7. The summed E-state index contributed by atoms with van der Waals surface area (Å²) in [6.07, 6.45) is 0.794. The first kappa shape index (κ1) is 17.7. The summed E-state index contributed by atoms with van der Waals surface area (Å²) in [4.78, 5) is 8.86. The Morgan fingerprint density at radius 1 is 1.17 bits per heavy atom. The van der Waals surface area contributed by atoms with Gasteiger partial charge in [0.05, 0.1) is 19.3 Å². The highest BCUT2D eigenvalue weighted by Gasteiger charge is 2.00. The zero-order chi connectivity index (χ0) is 17.2. The van der Waals surface area contributed by atoms with Crippen molar-refractivity contribution in [3.05, 3.63) is 59.5 Å². The Bertz CT molecular complexity index is 658. The zero-order valence-corrected chi connectivity index (χ0v) is 14.1. The highest BCUT2D eigenvalue weighted by Crippen LogP contribution is 2.07. The molecule has 0 aliphatic carbocycles. The van der Waals surface area contributed by atoms with E-state index in [2.05, 4.69) is 20.6 Å². The van der Waals surface area contributed by atoms with Crippen LogP contribution < -0.4 is 15.4 Å². The predicted molar refractivity (Wildman–Crippen MR) is 93.7 cm³/mol. The van der Waals surface area contributed by atoms with Crippen LogP contribution in [0.5, 0.6) is 5.88 Å². The van der Waals surface area contributed by atoms with Crippen LogP contribution in [0.1, 0.15) is 18.2 Å². The van der Waals surface area contributed by atoms with E-state index in [1.54, 1.807) is 25.3 Å². The third-order valence-corrected chi connectivity index (χ3v) is 3.35. The van der Waals surface area contributed by atoms with E-state index in [9.17, 15) is 4.39 Å². The van der Waals surface area contributed by atoms with Crippen LogP contribution in [-0.2, 0) is 13.0 Å². The van der Waals surface area contributed by atoms with Gasteiger partial charge in [-0.15, -0.1) is 0 Å². The van der Waals surface area contributed by atoms with Gasteiger partial charge in [-0.3, -0.25) is 0 Å². The molecule has 0 saturated carbocycles. The normalized spacial score (nSPS) is 11.2. The molecule has 24 heavy (non-hydrogen) atoms. The first-order chi connectivity index (χ1) is 11.7. The van der Waals surface area contributed by atoms with Gasteiger partial charge in [0.15, 0.2) is 5.96 Å². The average Bonchev–Trinajstić information content (AvgIpc) is 2.61. The van der Waals surface area contributed by atoms with Crippen molar-refractivity contribution in [1.29, 1.82) is 0 Å². The molecule has 1 aromatic heterocycles. The number of hydrogen-bond donors (Lipinski definition) is 2. The largest absolute Gasteiger partial charge is 0.481 e. The van der Waals surface area contributed by atoms with Crippen LogP contribution in [0.3, 0.4) is 0 Å². The Kier molecular flexibility index (Phi) is 7.01. The molecule has 6 heteroatoms. The molecule has 1 aromatic carbocycles. The van der Waals surface area contributed by atoms with E-state index in [-0.39, 0.29) is 5.82 Å². The number of pyridine rings is 1. The molecule has 0 bridgehead atoms. The van der Waals surface area contributed by atoms with Gasteiger partial charge in [0.1, 0.15) is 5.82 Å². The minimum atomic E-state index is -0.215. The third kappa shape index (κ3) is 5.87. The Balaban J connectivity index is 1.88. The van der Waals surface area contributed by atoms with Gasteiger partial charge in [-0.1, -0.05) is 18.2 Å². The number of nitrogens with zero attached hydrogens (tertiary/aromatic N) is 2. The van der Waals surface area contributed by atoms with Gasteiger partial charge < -0.3 is 15.4 Å². The highest BCUT2D eigenvalue weighted by atomic mass is 19.1. The summed E-state index contributed by atoms with van der Waals surface area (Å²) in [7, 11) is 1.59. The third-order valence-electron chi connectivity index (χ3n) is 3.35. The van der Waals surface area contributed by atoms with E-state index in [4.69, 9.17) is 4.74 Å². The van der Waals surface area contributed by atoms with Crippen LogP contribution in [0.15, 0.2) is 47.5 Å². The number of ether oxygens (including phenoxy) is 1. The van der Waals surface area contributed by atoms with E-state index in [1.807, 2.05) is 19.1 Å². The van der Waals surface area contributed by atoms with Gasteiger partial charge in [0.2, 0.25) is 5.88 Å². The topological polar surface area (TPSA) is 58.5 Å². The number of aromatic nitrogens is 1. The van der Waals surface area contributed by atoms with E-state index in [0.29, 0.717) is 19.0 Å². The van der Waals surface area contributed by atoms with Crippen molar-refractivity contribution >= 4 is 5.96 Å². The minimum absolute atomic E-state index is 0.215. The maximum atomic E-state index is 12.9. The van der Waals surface area contributed by atoms with Crippen molar-refractivity contribution < 1.29 is 9.13 Å². The van der Waals surface area contributed by atoms with Crippen molar-refractivity contribution in [2.24, 2.45) is 4.99 Å². The van der Waals surface area contributed by atoms with Crippen molar-refractivity contribution in [3.8, 4) is 5.88 Å². The lowest BCUT2D eigenvalue weighted by molar-refractivity contribution is 0.396. The fraction of sp³-hybridized carbons (Fsp3) is 0.333. The van der Waals surface area contributed by atoms with Crippen LogP contribution >= 0.6 is 0 Å². The van der Waals surface area contributed by atoms with Gasteiger partial charge in [0, 0.05) is 19.2 Å². The van der Waals surface area contributed by atoms with Gasteiger partial charge in [0.25, 0.3) is 0 Å². The lowest BCUT2D eigenvalue weighted by Crippen LogP contribution is -2.38. The molecule has 5 nitrogen and oxygen atoms in total. The van der Waals surface area contributed by atoms with Crippen LogP contribution in [0, 0.1) is 5.82 Å². The zero-order valence-electron chi connectivity index (χ0n) is 14.1. The molecule has 2 aromatic rings. The van der Waals surface area contributed by atoms with Gasteiger partial charge in [-0.05, 0) is 37.1 Å². The first-order valence-corrected chi connectivity index (χ1v) is 7.98. The molecule has 0 fully saturated rings. The number of methoxy groups -OCH3 is 1. The molecule has 0 atom stereocenters. The number of benzene rings is 1. The summed E-state index contributed by atoms with van der Waals surface area (Å²) in [6, 6.07) is 12.1. The minimum Gasteiger partial charge on any atom is -0.481 e. The first-order valence-electron chi connectivity index (χ1n) is 7.98. The molecule has 0 radical (unpaired) electrons. The quantitative estimate of drug-likeness (QED) is 0.605. The molecule has 0 spiro atoms. The van der Waals surface area contributed by atoms with E-state index in [1.165, 1.54) is 12.1 Å². The van der Waals surface area contributed by atoms with Gasteiger partial charge >= 0.3 is 0 Å². The molecule has 2 N–H and O–H groups in total. The molecule has 0 aliphatic rings. The van der Waals surface area contributed by atoms with Crippen LogP contribution in [0.2, 0.25) is 0 Å². The summed E-state index contributed by atoms with van der Waals surface area (Å²) in [6.45, 7) is 3.96. The maximum Gasteiger partial charge on any atom is 0.213 e. The van der Waals surface area contributed by atoms with Crippen LogP contribution in [0.25, 0.3) is 0 Å². The molecule has 0 aliphatic heterocycles. The SMILES string of the molecule is CCNC(=NCc1cccc(OC)n1)NCCc1ccc(F)cc1. The molecule has 0 saturated heterocycles. The average molecular weight is 330 g/mol. The molecular formula is C18H23FN4O. The summed E-state index contributed by atoms with van der Waals surface area (Å²) >= 11 is 0. The van der Waals surface area contributed by atoms with Crippen LogP contribution in [-0.4, -0.2) is 31.1 Å². The second-order valence-corrected chi connectivity index (χ2v) is 5.17. The summed E-state index contributed by atoms with van der Waals surface area (Å²) in [5.74, 6) is 1.09. The Hall–Kier alpha value is -2.63. The van der Waals surface area contributed by atoms with Gasteiger partial charge in [-0.2, -0.15) is 0 Å². The molecule has 1 heterocycles. The lowest BCUT2D eigenvalue weighted by Gasteiger charge is -2.11. The summed E-state index contributed by atoms with van der Waals surface area (Å²) in [5.41, 5.74) is 1.92. The van der Waals surface area contributed by atoms with E-state index >= 15 is 0 Å². The standard InChI is InChI=1S/C18H23FN4O/c1-3-20-18(21-12-11-14-7-9-15(19)10-8-14)22-13-16-5-4-6-17(23-16)24-2/h4-10H,3,11-13H2,1-2H3,(H2,20,21,22). The highest BCUT2D eigenvalue weighted by molar-refractivity contribution is 5.79. The van der Waals surface area contributed by atoms with Crippen molar-refractivity contribution in [3.63, 3.8) is 0 Å². The number of halogens is 1. The Labute approximate surface area is 142 Å². The second kappa shape index (κ2) is 9.50. The smallest absolute Gasteiger partial charge is 0.213 e. The predicted octanol–water partition coefficient (Wildman–Crippen LogP) is 2.53. The fourth-order valence-corrected chi connectivity index (χ4v) is 2.14. The second-order valence-electron chi connectivity index (χ2n) is 5.17. The summed E-state index contributed by atoms with van der Waals surface area (Å²) < 4.78 is 18.0. The van der Waals surface area contributed by atoms with E-state index < -0.39 is 0 Å². The van der Waals surface area contributed by atoms with Crippen molar-refractivity contribution in [2.45, 2.75) is 19.9 Å². The van der Waals surface area contributed by atoms with Crippen molar-refractivity contribution in [2.75, 3.05) is 20.2 Å². The number of nitrogens with one attached hydrogen (secondary N) is 2. The lowest BCUT2D eigenvalue weighted by atomic mass is 10.1. The van der Waals surface area contributed by atoms with E-state index in [0.717, 1.165) is 30.2 Å². The van der Waals surface area contributed by atoms with Crippen molar-refractivity contribution in [1.82, 2.24) is 15.6 Å². The molecule has 0 unspecified atom stereocenters. The maximum absolute atomic E-state index is 12.9. The Morgan fingerprint density at radius 2 is 1.96 bits per heavy atom. The number of guanidine groups is 1. The molecule has 2 rings (SSSR count).